The zero-order valence-electron chi connectivity index (χ0n) is 15.1. The van der Waals surface area contributed by atoms with Crippen LogP contribution < -0.4 is 10.2 Å². The van der Waals surface area contributed by atoms with Crippen molar-refractivity contribution in [3.05, 3.63) is 65.7 Å². The van der Waals surface area contributed by atoms with E-state index in [9.17, 15) is 9.59 Å². The molecule has 0 atom stereocenters. The van der Waals surface area contributed by atoms with Gasteiger partial charge in [-0.15, -0.1) is 0 Å². The van der Waals surface area contributed by atoms with E-state index in [1.54, 1.807) is 4.90 Å². The Morgan fingerprint density at radius 3 is 2.59 bits per heavy atom. The summed E-state index contributed by atoms with van der Waals surface area (Å²) < 4.78 is 5.77. The van der Waals surface area contributed by atoms with Gasteiger partial charge in [-0.25, -0.2) is 5.43 Å². The van der Waals surface area contributed by atoms with Crippen LogP contribution in [0.5, 0.6) is 5.75 Å². The number of nitrogens with one attached hydrogen (secondary N) is 1. The topological polar surface area (TPSA) is 71.0 Å². The van der Waals surface area contributed by atoms with Gasteiger partial charge in [-0.05, 0) is 42.5 Å². The largest absolute Gasteiger partial charge is 0.489 e. The number of hydrazone groups is 1. The number of likely N-dealkylation sites (tertiary alicyclic amines) is 1. The van der Waals surface area contributed by atoms with Gasteiger partial charge < -0.3 is 9.64 Å². The fraction of sp³-hybridized carbons (Fsp3) is 0.286. The highest BCUT2D eigenvalue weighted by molar-refractivity contribution is 6.35. The number of amides is 2. The number of piperidine rings is 1. The predicted molar refractivity (Wildman–Crippen MR) is 103 cm³/mol. The van der Waals surface area contributed by atoms with Crippen LogP contribution >= 0.6 is 0 Å². The third-order valence-corrected chi connectivity index (χ3v) is 4.32. The van der Waals surface area contributed by atoms with Gasteiger partial charge in [0.15, 0.2) is 0 Å². The summed E-state index contributed by atoms with van der Waals surface area (Å²) in [5.74, 6) is -0.519. The molecule has 0 aliphatic carbocycles. The molecule has 0 radical (unpaired) electrons. The van der Waals surface area contributed by atoms with Gasteiger partial charge in [0.2, 0.25) is 0 Å². The van der Waals surface area contributed by atoms with E-state index in [2.05, 4.69) is 10.5 Å². The first-order chi connectivity index (χ1) is 13.2. The number of carbonyl (C=O) groups excluding carboxylic acids is 2. The lowest BCUT2D eigenvalue weighted by Gasteiger charge is -2.25. The second kappa shape index (κ2) is 9.52. The number of benzene rings is 2. The number of hydrogen-bond acceptors (Lipinski definition) is 4. The normalized spacial score (nSPS) is 14.1. The Bertz CT molecular complexity index is 799. The van der Waals surface area contributed by atoms with Crippen molar-refractivity contribution in [2.75, 3.05) is 13.1 Å². The van der Waals surface area contributed by atoms with E-state index >= 15 is 0 Å². The molecule has 6 heteroatoms. The van der Waals surface area contributed by atoms with Crippen LogP contribution in [0.25, 0.3) is 0 Å². The summed E-state index contributed by atoms with van der Waals surface area (Å²) >= 11 is 0. The molecule has 0 spiro atoms. The third kappa shape index (κ3) is 5.67. The summed E-state index contributed by atoms with van der Waals surface area (Å²) in [4.78, 5) is 25.5. The van der Waals surface area contributed by atoms with Gasteiger partial charge in [0, 0.05) is 13.1 Å². The predicted octanol–water partition coefficient (Wildman–Crippen LogP) is 2.73. The molecule has 0 aromatic heterocycles. The summed E-state index contributed by atoms with van der Waals surface area (Å²) in [5, 5.41) is 3.89. The van der Waals surface area contributed by atoms with E-state index in [1.165, 1.54) is 6.21 Å². The minimum atomic E-state index is -0.704. The van der Waals surface area contributed by atoms with Gasteiger partial charge in [-0.3, -0.25) is 9.59 Å². The first-order valence-electron chi connectivity index (χ1n) is 9.11. The Hall–Kier alpha value is -3.15. The van der Waals surface area contributed by atoms with Gasteiger partial charge >= 0.3 is 11.8 Å². The Kier molecular flexibility index (Phi) is 6.57. The highest BCUT2D eigenvalue weighted by Gasteiger charge is 2.22. The van der Waals surface area contributed by atoms with Crippen LogP contribution in [0.3, 0.4) is 0 Å². The van der Waals surface area contributed by atoms with E-state index in [0.717, 1.165) is 30.4 Å². The summed E-state index contributed by atoms with van der Waals surface area (Å²) in [6.07, 6.45) is 4.49. The third-order valence-electron chi connectivity index (χ3n) is 4.32. The summed E-state index contributed by atoms with van der Waals surface area (Å²) in [6.45, 7) is 1.75. The summed E-state index contributed by atoms with van der Waals surface area (Å²) in [7, 11) is 0. The van der Waals surface area contributed by atoms with Crippen molar-refractivity contribution in [2.24, 2.45) is 5.10 Å². The van der Waals surface area contributed by atoms with Gasteiger partial charge in [0.05, 0.1) is 6.21 Å². The molecule has 1 fully saturated rings. The number of nitrogens with zero attached hydrogens (tertiary/aromatic N) is 2. The molecule has 140 valence electrons. The molecule has 2 aromatic rings. The Morgan fingerprint density at radius 1 is 1.04 bits per heavy atom. The van der Waals surface area contributed by atoms with E-state index in [4.69, 9.17) is 4.74 Å². The molecule has 2 amide bonds. The molecular weight excluding hydrogens is 342 g/mol. The Balaban J connectivity index is 1.51. The number of ether oxygens (including phenoxy) is 1. The molecule has 2 aromatic carbocycles. The van der Waals surface area contributed by atoms with Crippen molar-refractivity contribution in [1.82, 2.24) is 10.3 Å². The number of hydrogen-bond donors (Lipinski definition) is 1. The van der Waals surface area contributed by atoms with E-state index < -0.39 is 11.8 Å². The van der Waals surface area contributed by atoms with Crippen molar-refractivity contribution in [1.29, 1.82) is 0 Å². The van der Waals surface area contributed by atoms with E-state index in [1.807, 2.05) is 54.6 Å². The van der Waals surface area contributed by atoms with Crippen molar-refractivity contribution in [3.8, 4) is 5.75 Å². The van der Waals surface area contributed by atoms with Crippen LogP contribution in [0.4, 0.5) is 0 Å². The monoisotopic (exact) mass is 365 g/mol. The second-order valence-electron chi connectivity index (χ2n) is 6.40. The molecule has 6 nitrogen and oxygen atoms in total. The van der Waals surface area contributed by atoms with Crippen molar-refractivity contribution >= 4 is 18.0 Å². The lowest BCUT2D eigenvalue weighted by Crippen LogP contribution is -2.43. The molecule has 3 rings (SSSR count). The number of rotatable bonds is 5. The van der Waals surface area contributed by atoms with E-state index in [-0.39, 0.29) is 0 Å². The maximum Gasteiger partial charge on any atom is 0.329 e. The first-order valence-corrected chi connectivity index (χ1v) is 9.11. The lowest BCUT2D eigenvalue weighted by molar-refractivity contribution is -0.146. The fourth-order valence-electron chi connectivity index (χ4n) is 2.88. The zero-order chi connectivity index (χ0) is 18.9. The lowest BCUT2D eigenvalue weighted by atomic mass is 10.1. The highest BCUT2D eigenvalue weighted by Crippen LogP contribution is 2.14. The molecular formula is C21H23N3O3. The number of carbonyl (C=O) groups is 2. The van der Waals surface area contributed by atoms with E-state index in [0.29, 0.717) is 25.4 Å². The molecule has 0 bridgehead atoms. The Morgan fingerprint density at radius 2 is 1.81 bits per heavy atom. The van der Waals surface area contributed by atoms with Crippen LogP contribution in [0.1, 0.15) is 30.4 Å². The molecule has 1 N–H and O–H groups in total. The minimum Gasteiger partial charge on any atom is -0.489 e. The van der Waals surface area contributed by atoms with Crippen LogP contribution in [-0.4, -0.2) is 36.0 Å². The molecule has 27 heavy (non-hydrogen) atoms. The van der Waals surface area contributed by atoms with Gasteiger partial charge in [0.25, 0.3) is 0 Å². The zero-order valence-corrected chi connectivity index (χ0v) is 15.1. The maximum atomic E-state index is 12.0. The SMILES string of the molecule is O=C(N/N=C\c1cccc(OCc2ccccc2)c1)C(=O)N1CCCCC1. The average Bonchev–Trinajstić information content (AvgIpc) is 2.73. The molecule has 0 unspecified atom stereocenters. The minimum absolute atomic E-state index is 0.475. The second-order valence-corrected chi connectivity index (χ2v) is 6.40. The average molecular weight is 365 g/mol. The summed E-state index contributed by atoms with van der Waals surface area (Å²) in [6, 6.07) is 17.3. The molecule has 1 aliphatic heterocycles. The first kappa shape index (κ1) is 18.6. The van der Waals surface area contributed by atoms with Crippen molar-refractivity contribution in [2.45, 2.75) is 25.9 Å². The van der Waals surface area contributed by atoms with Crippen molar-refractivity contribution in [3.63, 3.8) is 0 Å². The molecule has 0 saturated carbocycles. The summed E-state index contributed by atoms with van der Waals surface area (Å²) in [5.41, 5.74) is 4.16. The fourth-order valence-corrected chi connectivity index (χ4v) is 2.88. The molecule has 1 saturated heterocycles. The smallest absolute Gasteiger partial charge is 0.329 e. The maximum absolute atomic E-state index is 12.0. The quantitative estimate of drug-likeness (QED) is 0.503. The Labute approximate surface area is 158 Å². The van der Waals surface area contributed by atoms with Gasteiger partial charge in [0.1, 0.15) is 12.4 Å². The molecule has 1 heterocycles. The van der Waals surface area contributed by atoms with Gasteiger partial charge in [-0.1, -0.05) is 42.5 Å². The van der Waals surface area contributed by atoms with Crippen molar-refractivity contribution < 1.29 is 14.3 Å². The standard InChI is InChI=1S/C21H23N3O3/c25-20(21(26)24-12-5-2-6-13-24)23-22-15-18-10-7-11-19(14-18)27-16-17-8-3-1-4-9-17/h1,3-4,7-11,14-15H,2,5-6,12-13,16H2,(H,23,25)/b22-15-. The molecule has 1 aliphatic rings. The van der Waals surface area contributed by atoms with Crippen LogP contribution in [0.15, 0.2) is 59.7 Å². The van der Waals surface area contributed by atoms with Crippen LogP contribution in [0, 0.1) is 0 Å². The highest BCUT2D eigenvalue weighted by atomic mass is 16.5. The van der Waals surface area contributed by atoms with Gasteiger partial charge in [-0.2, -0.15) is 5.10 Å². The van der Waals surface area contributed by atoms with Crippen LogP contribution in [0.2, 0.25) is 0 Å². The van der Waals surface area contributed by atoms with Crippen LogP contribution in [-0.2, 0) is 16.2 Å².